The van der Waals surface area contributed by atoms with E-state index in [2.05, 4.69) is 16.0 Å². The molecule has 7 nitrogen and oxygen atoms in total. The zero-order valence-corrected chi connectivity index (χ0v) is 15.1. The molecule has 0 bridgehead atoms. The Morgan fingerprint density at radius 2 is 1.81 bits per heavy atom. The predicted octanol–water partition coefficient (Wildman–Crippen LogP) is 2.43. The van der Waals surface area contributed by atoms with Crippen molar-refractivity contribution >= 4 is 11.9 Å². The molecule has 2 heterocycles. The van der Waals surface area contributed by atoms with Crippen LogP contribution in [0.5, 0.6) is 0 Å². The van der Waals surface area contributed by atoms with Crippen molar-refractivity contribution in [2.24, 2.45) is 5.92 Å². The summed E-state index contributed by atoms with van der Waals surface area (Å²) in [6.45, 7) is 1.22. The summed E-state index contributed by atoms with van der Waals surface area (Å²) in [4.78, 5) is 34.3. The number of benzene rings is 1. The lowest BCUT2D eigenvalue weighted by atomic mass is 9.93. The van der Waals surface area contributed by atoms with Crippen molar-refractivity contribution < 1.29 is 14.3 Å². The maximum atomic E-state index is 12.6. The number of hydrogen-bond acceptors (Lipinski definition) is 6. The van der Waals surface area contributed by atoms with Gasteiger partial charge in [-0.3, -0.25) is 9.59 Å². The van der Waals surface area contributed by atoms with Crippen molar-refractivity contribution in [1.29, 1.82) is 5.26 Å². The lowest BCUT2D eigenvalue weighted by molar-refractivity contribution is -0.142. The Kier molecular flexibility index (Phi) is 5.77. The van der Waals surface area contributed by atoms with E-state index in [-0.39, 0.29) is 17.8 Å². The number of nitrogens with zero attached hydrogens (tertiary/aromatic N) is 4. The van der Waals surface area contributed by atoms with Gasteiger partial charge in [0.05, 0.1) is 24.3 Å². The first-order chi connectivity index (χ1) is 13.1. The number of amides is 1. The van der Waals surface area contributed by atoms with Crippen LogP contribution in [0.2, 0.25) is 0 Å². The molecule has 0 unspecified atom stereocenters. The van der Waals surface area contributed by atoms with Gasteiger partial charge in [-0.25, -0.2) is 9.97 Å². The molecule has 138 valence electrons. The quantitative estimate of drug-likeness (QED) is 0.773. The van der Waals surface area contributed by atoms with Crippen molar-refractivity contribution in [2.45, 2.75) is 19.3 Å². The molecule has 1 amide bonds. The van der Waals surface area contributed by atoms with E-state index in [4.69, 9.17) is 10.00 Å². The van der Waals surface area contributed by atoms with E-state index in [1.54, 1.807) is 29.2 Å². The first-order valence-corrected chi connectivity index (χ1v) is 8.79. The Morgan fingerprint density at radius 1 is 1.19 bits per heavy atom. The van der Waals surface area contributed by atoms with Gasteiger partial charge in [0.25, 0.3) is 5.91 Å². The largest absolute Gasteiger partial charge is 0.469 e. The maximum absolute atomic E-state index is 12.6. The molecule has 2 aromatic rings. The van der Waals surface area contributed by atoms with Crippen LogP contribution < -0.4 is 0 Å². The Balaban J connectivity index is 1.61. The van der Waals surface area contributed by atoms with Crippen LogP contribution in [0.25, 0.3) is 11.4 Å². The van der Waals surface area contributed by atoms with Crippen molar-refractivity contribution in [3.05, 3.63) is 47.8 Å². The molecular weight excluding hydrogens is 344 g/mol. The molecule has 1 aromatic heterocycles. The molecule has 0 atom stereocenters. The highest BCUT2D eigenvalue weighted by Gasteiger charge is 2.25. The molecule has 1 aliphatic heterocycles. The fourth-order valence-electron chi connectivity index (χ4n) is 3.12. The molecule has 0 radical (unpaired) electrons. The summed E-state index contributed by atoms with van der Waals surface area (Å²) >= 11 is 0. The number of esters is 1. The minimum absolute atomic E-state index is 0.0992. The standard InChI is InChI=1S/C20H20N4O3/c1-27-18(25)10-14-6-8-24(9-7-14)20(26)17-12-22-19(23-13-17)16-4-2-15(11-21)3-5-16/h2-5,12-14H,6-10H2,1H3. The molecule has 7 heteroatoms. The van der Waals surface area contributed by atoms with Crippen LogP contribution in [0.15, 0.2) is 36.7 Å². The average Bonchev–Trinajstić information content (AvgIpc) is 2.74. The number of hydrogen-bond donors (Lipinski definition) is 0. The zero-order chi connectivity index (χ0) is 19.2. The summed E-state index contributed by atoms with van der Waals surface area (Å²) in [5.74, 6) is 0.466. The topological polar surface area (TPSA) is 96.2 Å². The molecule has 0 N–H and O–H groups in total. The summed E-state index contributed by atoms with van der Waals surface area (Å²) < 4.78 is 4.71. The van der Waals surface area contributed by atoms with Gasteiger partial charge in [-0.15, -0.1) is 0 Å². The highest BCUT2D eigenvalue weighted by molar-refractivity contribution is 5.93. The average molecular weight is 364 g/mol. The van der Waals surface area contributed by atoms with Crippen molar-refractivity contribution in [3.8, 4) is 17.5 Å². The van der Waals surface area contributed by atoms with E-state index in [0.29, 0.717) is 36.5 Å². The summed E-state index contributed by atoms with van der Waals surface area (Å²) in [6, 6.07) is 9.03. The Labute approximate surface area is 157 Å². The molecule has 1 aliphatic rings. The van der Waals surface area contributed by atoms with Gasteiger partial charge in [-0.1, -0.05) is 0 Å². The van der Waals surface area contributed by atoms with Gasteiger partial charge in [0, 0.05) is 37.5 Å². The third kappa shape index (κ3) is 4.47. The number of likely N-dealkylation sites (tertiary alicyclic amines) is 1. The van der Waals surface area contributed by atoms with Crippen LogP contribution in [-0.4, -0.2) is 46.9 Å². The van der Waals surface area contributed by atoms with Crippen molar-refractivity contribution in [3.63, 3.8) is 0 Å². The van der Waals surface area contributed by atoms with Gasteiger partial charge in [0.1, 0.15) is 0 Å². The monoisotopic (exact) mass is 364 g/mol. The summed E-state index contributed by atoms with van der Waals surface area (Å²) in [5, 5.41) is 8.85. The molecule has 27 heavy (non-hydrogen) atoms. The van der Waals surface area contributed by atoms with Gasteiger partial charge < -0.3 is 9.64 Å². The molecule has 0 aliphatic carbocycles. The van der Waals surface area contributed by atoms with Crippen LogP contribution in [-0.2, 0) is 9.53 Å². The fraction of sp³-hybridized carbons (Fsp3) is 0.350. The second-order valence-corrected chi connectivity index (χ2v) is 6.50. The molecule has 1 aromatic carbocycles. The smallest absolute Gasteiger partial charge is 0.305 e. The number of ether oxygens (including phenoxy) is 1. The minimum Gasteiger partial charge on any atom is -0.469 e. The second kappa shape index (κ2) is 8.41. The molecular formula is C20H20N4O3. The normalized spacial score (nSPS) is 14.4. The molecule has 0 saturated carbocycles. The number of carbonyl (C=O) groups excluding carboxylic acids is 2. The predicted molar refractivity (Wildman–Crippen MR) is 97.4 cm³/mol. The number of rotatable bonds is 4. The van der Waals surface area contributed by atoms with Crippen molar-refractivity contribution in [1.82, 2.24) is 14.9 Å². The van der Waals surface area contributed by atoms with Gasteiger partial charge >= 0.3 is 5.97 Å². The Morgan fingerprint density at radius 3 is 2.37 bits per heavy atom. The van der Waals surface area contributed by atoms with E-state index in [9.17, 15) is 9.59 Å². The van der Waals surface area contributed by atoms with Gasteiger partial charge in [0.2, 0.25) is 0 Å². The van der Waals surface area contributed by atoms with Crippen LogP contribution >= 0.6 is 0 Å². The first kappa shape index (κ1) is 18.5. The number of carbonyl (C=O) groups is 2. The fourth-order valence-corrected chi connectivity index (χ4v) is 3.12. The molecule has 3 rings (SSSR count). The molecule has 1 fully saturated rings. The third-order valence-corrected chi connectivity index (χ3v) is 4.76. The maximum Gasteiger partial charge on any atom is 0.305 e. The summed E-state index contributed by atoms with van der Waals surface area (Å²) in [7, 11) is 1.39. The van der Waals surface area contributed by atoms with Gasteiger partial charge in [-0.05, 0) is 43.0 Å². The number of methoxy groups -OCH3 is 1. The van der Waals surface area contributed by atoms with Crippen LogP contribution in [0, 0.1) is 17.2 Å². The van der Waals surface area contributed by atoms with Gasteiger partial charge in [0.15, 0.2) is 5.82 Å². The minimum atomic E-state index is -0.202. The molecule has 0 spiro atoms. The molecule has 1 saturated heterocycles. The van der Waals surface area contributed by atoms with E-state index >= 15 is 0 Å². The van der Waals surface area contributed by atoms with E-state index < -0.39 is 0 Å². The first-order valence-electron chi connectivity index (χ1n) is 8.79. The van der Waals surface area contributed by atoms with E-state index in [1.165, 1.54) is 19.5 Å². The number of aromatic nitrogens is 2. The second-order valence-electron chi connectivity index (χ2n) is 6.50. The van der Waals surface area contributed by atoms with E-state index in [0.717, 1.165) is 18.4 Å². The number of piperidine rings is 1. The van der Waals surface area contributed by atoms with Crippen molar-refractivity contribution in [2.75, 3.05) is 20.2 Å². The summed E-state index contributed by atoms with van der Waals surface area (Å²) in [5.41, 5.74) is 1.80. The zero-order valence-electron chi connectivity index (χ0n) is 15.1. The van der Waals surface area contributed by atoms with Crippen LogP contribution in [0.3, 0.4) is 0 Å². The SMILES string of the molecule is COC(=O)CC1CCN(C(=O)c2cnc(-c3ccc(C#N)cc3)nc2)CC1. The highest BCUT2D eigenvalue weighted by Crippen LogP contribution is 2.22. The van der Waals surface area contributed by atoms with Gasteiger partial charge in [-0.2, -0.15) is 5.26 Å². The Bertz CT molecular complexity index is 848. The highest BCUT2D eigenvalue weighted by atomic mass is 16.5. The number of nitriles is 1. The van der Waals surface area contributed by atoms with Crippen LogP contribution in [0.4, 0.5) is 0 Å². The van der Waals surface area contributed by atoms with E-state index in [1.807, 2.05) is 0 Å². The lowest BCUT2D eigenvalue weighted by Crippen LogP contribution is -2.39. The Hall–Kier alpha value is -3.27. The third-order valence-electron chi connectivity index (χ3n) is 4.76. The van der Waals surface area contributed by atoms with Crippen LogP contribution in [0.1, 0.15) is 35.2 Å². The lowest BCUT2D eigenvalue weighted by Gasteiger charge is -2.31. The summed E-state index contributed by atoms with van der Waals surface area (Å²) in [6.07, 6.45) is 5.03.